The van der Waals surface area contributed by atoms with E-state index in [1.165, 1.54) is 24.8 Å². The Morgan fingerprint density at radius 2 is 1.80 bits per heavy atom. The minimum absolute atomic E-state index is 0.204. The van der Waals surface area contributed by atoms with Crippen molar-refractivity contribution in [2.45, 2.75) is 6.92 Å². The van der Waals surface area contributed by atoms with Crippen molar-refractivity contribution in [3.8, 4) is 5.75 Å². The summed E-state index contributed by atoms with van der Waals surface area (Å²) in [7, 11) is 1.53. The molecule has 25 heavy (non-hydrogen) atoms. The van der Waals surface area contributed by atoms with Gasteiger partial charge in [-0.3, -0.25) is 14.2 Å². The summed E-state index contributed by atoms with van der Waals surface area (Å²) >= 11 is 12.2. The maximum Gasteiger partial charge on any atom is 0.257 e. The van der Waals surface area contributed by atoms with Crippen molar-refractivity contribution in [3.05, 3.63) is 58.2 Å². The molecule has 3 aromatic rings. The first kappa shape index (κ1) is 17.3. The molecule has 0 saturated carbocycles. The molecule has 2 aromatic carbocycles. The van der Waals surface area contributed by atoms with Crippen LogP contribution in [0, 0.1) is 0 Å². The highest BCUT2D eigenvalue weighted by Gasteiger charge is 2.19. The number of nitrogens with one attached hydrogen (secondary N) is 1. The molecule has 7 heteroatoms. The number of hydrogen-bond donors (Lipinski definition) is 1. The lowest BCUT2D eigenvalue weighted by molar-refractivity contribution is 0.0941. The van der Waals surface area contributed by atoms with Gasteiger partial charge in [0, 0.05) is 18.5 Å². The van der Waals surface area contributed by atoms with Crippen LogP contribution in [0.2, 0.25) is 10.0 Å². The third-order valence-electron chi connectivity index (χ3n) is 3.80. The van der Waals surface area contributed by atoms with Crippen LogP contribution in [0.25, 0.3) is 10.9 Å². The largest absolute Gasteiger partial charge is 0.497 e. The summed E-state index contributed by atoms with van der Waals surface area (Å²) in [5.74, 6) is -0.0446. The number of nitrogens with zero attached hydrogens (tertiary/aromatic N) is 1. The minimum atomic E-state index is -0.423. The quantitative estimate of drug-likeness (QED) is 0.709. The van der Waals surface area contributed by atoms with Crippen molar-refractivity contribution in [3.63, 3.8) is 0 Å². The predicted octanol–water partition coefficient (Wildman–Crippen LogP) is 4.87. The van der Waals surface area contributed by atoms with E-state index in [1.54, 1.807) is 36.4 Å². The lowest BCUT2D eigenvalue weighted by Crippen LogP contribution is -2.12. The predicted molar refractivity (Wildman–Crippen MR) is 99.2 cm³/mol. The van der Waals surface area contributed by atoms with Gasteiger partial charge in [0.25, 0.3) is 5.91 Å². The van der Waals surface area contributed by atoms with Crippen molar-refractivity contribution in [1.29, 1.82) is 0 Å². The van der Waals surface area contributed by atoms with Crippen molar-refractivity contribution in [1.82, 2.24) is 4.57 Å². The number of fused-ring (bicyclic) bond motifs is 1. The minimum Gasteiger partial charge on any atom is -0.497 e. The van der Waals surface area contributed by atoms with Crippen molar-refractivity contribution in [2.75, 3.05) is 12.4 Å². The molecule has 0 spiro atoms. The van der Waals surface area contributed by atoms with Crippen LogP contribution in [0.3, 0.4) is 0 Å². The summed E-state index contributed by atoms with van der Waals surface area (Å²) in [5, 5.41) is 3.96. The topological polar surface area (TPSA) is 60.3 Å². The van der Waals surface area contributed by atoms with Gasteiger partial charge in [0.05, 0.1) is 33.9 Å². The normalized spacial score (nSPS) is 10.7. The molecule has 0 radical (unpaired) electrons. The number of aromatic nitrogens is 1. The van der Waals surface area contributed by atoms with Gasteiger partial charge in [0.2, 0.25) is 5.91 Å². The Bertz CT molecular complexity index is 975. The van der Waals surface area contributed by atoms with E-state index in [4.69, 9.17) is 27.9 Å². The van der Waals surface area contributed by atoms with E-state index in [0.29, 0.717) is 37.9 Å². The second-order valence-electron chi connectivity index (χ2n) is 5.37. The highest BCUT2D eigenvalue weighted by molar-refractivity contribution is 6.40. The van der Waals surface area contributed by atoms with Crippen molar-refractivity contribution >= 4 is 51.6 Å². The molecule has 0 atom stereocenters. The smallest absolute Gasteiger partial charge is 0.257 e. The van der Waals surface area contributed by atoms with Crippen molar-refractivity contribution in [2.24, 2.45) is 0 Å². The Kier molecular flexibility index (Phi) is 4.70. The second-order valence-corrected chi connectivity index (χ2v) is 6.18. The molecular formula is C18H14Cl2N2O3. The fourth-order valence-corrected chi connectivity index (χ4v) is 3.07. The van der Waals surface area contributed by atoms with Crippen LogP contribution < -0.4 is 10.1 Å². The number of hydrogen-bond acceptors (Lipinski definition) is 3. The van der Waals surface area contributed by atoms with Gasteiger partial charge in [0.15, 0.2) is 0 Å². The van der Waals surface area contributed by atoms with Crippen LogP contribution in [-0.4, -0.2) is 23.5 Å². The molecule has 1 aromatic heterocycles. The molecule has 3 rings (SSSR count). The Morgan fingerprint density at radius 1 is 1.12 bits per heavy atom. The summed E-state index contributed by atoms with van der Waals surface area (Å²) in [6.07, 6.45) is 1.49. The van der Waals surface area contributed by atoms with E-state index in [2.05, 4.69) is 5.32 Å². The molecule has 128 valence electrons. The standard InChI is InChI=1S/C18H14Cl2N2O3/c1-10(23)22-9-13(12-8-11(25-2)6-7-16(12)22)18(24)21-17-14(19)4-3-5-15(17)20/h3-9H,1-2H3,(H,21,24). The van der Waals surface area contributed by atoms with E-state index in [1.807, 2.05) is 0 Å². The number of ether oxygens (including phenoxy) is 1. The van der Waals surface area contributed by atoms with Crippen LogP contribution in [0.5, 0.6) is 5.75 Å². The summed E-state index contributed by atoms with van der Waals surface area (Å²) < 4.78 is 6.63. The lowest BCUT2D eigenvalue weighted by Gasteiger charge is -2.08. The zero-order chi connectivity index (χ0) is 18.1. The fraction of sp³-hybridized carbons (Fsp3) is 0.111. The molecule has 0 aliphatic heterocycles. The Hall–Kier alpha value is -2.50. The van der Waals surface area contributed by atoms with Crippen LogP contribution in [0.15, 0.2) is 42.6 Å². The molecule has 5 nitrogen and oxygen atoms in total. The van der Waals surface area contributed by atoms with E-state index >= 15 is 0 Å². The van der Waals surface area contributed by atoms with Crippen LogP contribution in [-0.2, 0) is 0 Å². The molecule has 1 amide bonds. The molecule has 0 saturated heterocycles. The van der Waals surface area contributed by atoms with Gasteiger partial charge in [0.1, 0.15) is 5.75 Å². The van der Waals surface area contributed by atoms with Crippen LogP contribution in [0.1, 0.15) is 22.1 Å². The molecule has 1 heterocycles. The maximum atomic E-state index is 12.8. The van der Waals surface area contributed by atoms with E-state index in [-0.39, 0.29) is 5.91 Å². The zero-order valence-electron chi connectivity index (χ0n) is 13.5. The summed E-state index contributed by atoms with van der Waals surface area (Å²) in [5.41, 5.74) is 1.26. The van der Waals surface area contributed by atoms with E-state index in [9.17, 15) is 9.59 Å². The van der Waals surface area contributed by atoms with Gasteiger partial charge in [-0.05, 0) is 30.3 Å². The second kappa shape index (κ2) is 6.78. The molecular weight excluding hydrogens is 363 g/mol. The fourth-order valence-electron chi connectivity index (χ4n) is 2.58. The summed E-state index contributed by atoms with van der Waals surface area (Å²) in [6, 6.07) is 10.1. The SMILES string of the molecule is COc1ccc2c(c1)c(C(=O)Nc1c(Cl)cccc1Cl)cn2C(C)=O. The molecule has 0 fully saturated rings. The van der Waals surface area contributed by atoms with Crippen LogP contribution >= 0.6 is 23.2 Å². The van der Waals surface area contributed by atoms with Crippen molar-refractivity contribution < 1.29 is 14.3 Å². The number of amides is 1. The van der Waals surface area contributed by atoms with Gasteiger partial charge in [-0.25, -0.2) is 0 Å². The Labute approximate surface area is 154 Å². The molecule has 0 aliphatic rings. The number of carbonyl (C=O) groups is 2. The highest BCUT2D eigenvalue weighted by Crippen LogP contribution is 2.32. The third-order valence-corrected chi connectivity index (χ3v) is 4.43. The maximum absolute atomic E-state index is 12.8. The Balaban J connectivity index is 2.11. The van der Waals surface area contributed by atoms with Gasteiger partial charge in [-0.15, -0.1) is 0 Å². The number of benzene rings is 2. The first-order valence-electron chi connectivity index (χ1n) is 7.37. The molecule has 0 aliphatic carbocycles. The monoisotopic (exact) mass is 376 g/mol. The average molecular weight is 377 g/mol. The van der Waals surface area contributed by atoms with Gasteiger partial charge in [-0.2, -0.15) is 0 Å². The first-order chi connectivity index (χ1) is 11.9. The van der Waals surface area contributed by atoms with Gasteiger partial charge >= 0.3 is 0 Å². The Morgan fingerprint density at radius 3 is 2.40 bits per heavy atom. The number of anilines is 1. The number of methoxy groups -OCH3 is 1. The summed E-state index contributed by atoms with van der Waals surface area (Å²) in [4.78, 5) is 24.6. The summed E-state index contributed by atoms with van der Waals surface area (Å²) in [6.45, 7) is 1.43. The molecule has 1 N–H and O–H groups in total. The third kappa shape index (κ3) is 3.21. The highest BCUT2D eigenvalue weighted by atomic mass is 35.5. The number of rotatable bonds is 3. The average Bonchev–Trinajstić information content (AvgIpc) is 2.97. The van der Waals surface area contributed by atoms with Gasteiger partial charge in [-0.1, -0.05) is 29.3 Å². The first-order valence-corrected chi connectivity index (χ1v) is 8.13. The van der Waals surface area contributed by atoms with E-state index < -0.39 is 5.91 Å². The number of halogens is 2. The lowest BCUT2D eigenvalue weighted by atomic mass is 10.1. The molecule has 0 bridgehead atoms. The van der Waals surface area contributed by atoms with Crippen LogP contribution in [0.4, 0.5) is 5.69 Å². The van der Waals surface area contributed by atoms with E-state index in [0.717, 1.165) is 0 Å². The number of para-hydroxylation sites is 1. The molecule has 0 unspecified atom stereocenters. The zero-order valence-corrected chi connectivity index (χ0v) is 15.0. The number of carbonyl (C=O) groups excluding carboxylic acids is 2. The van der Waals surface area contributed by atoms with Gasteiger partial charge < -0.3 is 10.1 Å².